The fourth-order valence-electron chi connectivity index (χ4n) is 3.03. The van der Waals surface area contributed by atoms with E-state index in [1.807, 2.05) is 47.0 Å². The van der Waals surface area contributed by atoms with Crippen LogP contribution in [0.4, 0.5) is 4.39 Å². The molecule has 1 aromatic heterocycles. The van der Waals surface area contributed by atoms with Gasteiger partial charge in [0, 0.05) is 10.6 Å². The summed E-state index contributed by atoms with van der Waals surface area (Å²) in [5, 5.41) is 1.27. The second-order valence-electron chi connectivity index (χ2n) is 6.64. The number of ether oxygens (including phenoxy) is 1. The van der Waals surface area contributed by atoms with Crippen LogP contribution in [0.5, 0.6) is 0 Å². The van der Waals surface area contributed by atoms with Gasteiger partial charge in [0.25, 0.3) is 0 Å². The number of hydrogen-bond acceptors (Lipinski definition) is 4. The van der Waals surface area contributed by atoms with Crippen molar-refractivity contribution >= 4 is 40.4 Å². The first-order valence-corrected chi connectivity index (χ1v) is 10.7. The molecule has 0 aliphatic heterocycles. The summed E-state index contributed by atoms with van der Waals surface area (Å²) >= 11 is 7.41. The Labute approximate surface area is 182 Å². The van der Waals surface area contributed by atoms with Crippen LogP contribution in [0.25, 0.3) is 11.0 Å². The SMILES string of the molecule is O=C(CSc1nc2ccccc2n1Cc1ccc(F)cc1)OCc1ccccc1Cl. The first-order chi connectivity index (χ1) is 14.6. The molecule has 30 heavy (non-hydrogen) atoms. The highest BCUT2D eigenvalue weighted by Gasteiger charge is 2.14. The lowest BCUT2D eigenvalue weighted by Gasteiger charge is -2.10. The van der Waals surface area contributed by atoms with Gasteiger partial charge in [-0.15, -0.1) is 0 Å². The van der Waals surface area contributed by atoms with Crippen LogP contribution in [-0.2, 0) is 22.7 Å². The maximum atomic E-state index is 13.2. The molecule has 0 aliphatic rings. The minimum absolute atomic E-state index is 0.122. The number of rotatable bonds is 7. The highest BCUT2D eigenvalue weighted by molar-refractivity contribution is 7.99. The van der Waals surface area contributed by atoms with Crippen molar-refractivity contribution < 1.29 is 13.9 Å². The molecule has 0 radical (unpaired) electrons. The number of thioether (sulfide) groups is 1. The van der Waals surface area contributed by atoms with Crippen LogP contribution in [0.3, 0.4) is 0 Å². The summed E-state index contributed by atoms with van der Waals surface area (Å²) in [5.74, 6) is -0.498. The number of hydrogen-bond donors (Lipinski definition) is 0. The smallest absolute Gasteiger partial charge is 0.316 e. The lowest BCUT2D eigenvalue weighted by atomic mass is 10.2. The van der Waals surface area contributed by atoms with E-state index in [4.69, 9.17) is 16.3 Å². The number of fused-ring (bicyclic) bond motifs is 1. The molecule has 0 atom stereocenters. The Morgan fingerprint density at radius 2 is 1.77 bits per heavy atom. The van der Waals surface area contributed by atoms with Gasteiger partial charge in [0.15, 0.2) is 5.16 Å². The highest BCUT2D eigenvalue weighted by Crippen LogP contribution is 2.26. The van der Waals surface area contributed by atoms with Crippen LogP contribution < -0.4 is 0 Å². The van der Waals surface area contributed by atoms with Gasteiger partial charge < -0.3 is 9.30 Å². The van der Waals surface area contributed by atoms with E-state index < -0.39 is 0 Å². The van der Waals surface area contributed by atoms with Crippen molar-refractivity contribution in [1.82, 2.24) is 9.55 Å². The number of para-hydroxylation sites is 2. The van der Waals surface area contributed by atoms with Crippen molar-refractivity contribution in [3.05, 3.63) is 94.8 Å². The minimum atomic E-state index is -0.347. The Morgan fingerprint density at radius 3 is 2.57 bits per heavy atom. The molecule has 0 aliphatic carbocycles. The molecule has 0 fully saturated rings. The van der Waals surface area contributed by atoms with Crippen molar-refractivity contribution in [3.8, 4) is 0 Å². The fourth-order valence-corrected chi connectivity index (χ4v) is 4.03. The van der Waals surface area contributed by atoms with Gasteiger partial charge >= 0.3 is 5.97 Å². The van der Waals surface area contributed by atoms with Crippen LogP contribution in [0.2, 0.25) is 5.02 Å². The standard InChI is InChI=1S/C23H18ClFN2O2S/c24-19-6-2-1-5-17(19)14-29-22(28)15-30-23-26-20-7-3-4-8-21(20)27(23)13-16-9-11-18(25)12-10-16/h1-12H,13-15H2. The number of nitrogens with zero attached hydrogens (tertiary/aromatic N) is 2. The maximum absolute atomic E-state index is 13.2. The van der Waals surface area contributed by atoms with Crippen LogP contribution in [0.1, 0.15) is 11.1 Å². The Kier molecular flexibility index (Phi) is 6.35. The molecule has 4 nitrogen and oxygen atoms in total. The van der Waals surface area contributed by atoms with Gasteiger partial charge in [0.1, 0.15) is 12.4 Å². The summed E-state index contributed by atoms with van der Waals surface area (Å²) in [4.78, 5) is 16.9. The molecule has 3 aromatic carbocycles. The summed E-state index contributed by atoms with van der Waals surface area (Å²) in [7, 11) is 0. The van der Waals surface area contributed by atoms with Crippen molar-refractivity contribution in [2.24, 2.45) is 0 Å². The third-order valence-electron chi connectivity index (χ3n) is 4.54. The second-order valence-corrected chi connectivity index (χ2v) is 7.99. The molecule has 0 unspecified atom stereocenters. The van der Waals surface area contributed by atoms with Crippen molar-refractivity contribution in [1.29, 1.82) is 0 Å². The van der Waals surface area contributed by atoms with Crippen molar-refractivity contribution in [2.75, 3.05) is 5.75 Å². The molecule has 4 aromatic rings. The van der Waals surface area contributed by atoms with Crippen molar-refractivity contribution in [3.63, 3.8) is 0 Å². The van der Waals surface area contributed by atoms with Crippen LogP contribution in [0, 0.1) is 5.82 Å². The highest BCUT2D eigenvalue weighted by atomic mass is 35.5. The third kappa shape index (κ3) is 4.83. The first kappa shape index (κ1) is 20.4. The number of aromatic nitrogens is 2. The molecule has 0 saturated carbocycles. The molecule has 0 saturated heterocycles. The maximum Gasteiger partial charge on any atom is 0.316 e. The van der Waals surface area contributed by atoms with Gasteiger partial charge in [-0.3, -0.25) is 4.79 Å². The number of esters is 1. The minimum Gasteiger partial charge on any atom is -0.460 e. The zero-order valence-corrected chi connectivity index (χ0v) is 17.5. The largest absolute Gasteiger partial charge is 0.460 e. The Balaban J connectivity index is 1.47. The summed E-state index contributed by atoms with van der Waals surface area (Å²) in [6.45, 7) is 0.656. The average Bonchev–Trinajstić information content (AvgIpc) is 3.10. The van der Waals surface area contributed by atoms with Crippen LogP contribution in [0.15, 0.2) is 78.0 Å². The lowest BCUT2D eigenvalue weighted by molar-refractivity contribution is -0.141. The zero-order valence-electron chi connectivity index (χ0n) is 15.9. The summed E-state index contributed by atoms with van der Waals surface area (Å²) in [6.07, 6.45) is 0. The summed E-state index contributed by atoms with van der Waals surface area (Å²) in [5.41, 5.74) is 3.50. The van der Waals surface area contributed by atoms with Crippen LogP contribution in [-0.4, -0.2) is 21.3 Å². The van der Waals surface area contributed by atoms with E-state index in [1.165, 1.54) is 23.9 Å². The molecule has 7 heteroatoms. The van der Waals surface area contributed by atoms with Gasteiger partial charge in [-0.25, -0.2) is 9.37 Å². The zero-order chi connectivity index (χ0) is 20.9. The average molecular weight is 441 g/mol. The van der Waals surface area contributed by atoms with Gasteiger partial charge in [0.05, 0.1) is 23.3 Å². The fraction of sp³-hybridized carbons (Fsp3) is 0.130. The lowest BCUT2D eigenvalue weighted by Crippen LogP contribution is -2.09. The van der Waals surface area contributed by atoms with Crippen LogP contribution >= 0.6 is 23.4 Å². The first-order valence-electron chi connectivity index (χ1n) is 9.32. The van der Waals surface area contributed by atoms with Gasteiger partial charge in [-0.1, -0.05) is 65.8 Å². The molecule has 1 heterocycles. The van der Waals surface area contributed by atoms with E-state index in [0.29, 0.717) is 16.7 Å². The molecule has 0 amide bonds. The Bertz CT molecular complexity index is 1180. The van der Waals surface area contributed by atoms with Crippen molar-refractivity contribution in [2.45, 2.75) is 18.3 Å². The molecule has 152 valence electrons. The van der Waals surface area contributed by atoms with E-state index in [1.54, 1.807) is 18.2 Å². The van der Waals surface area contributed by atoms with Gasteiger partial charge in [-0.2, -0.15) is 0 Å². The molecule has 0 N–H and O–H groups in total. The topological polar surface area (TPSA) is 44.1 Å². The third-order valence-corrected chi connectivity index (χ3v) is 5.86. The summed E-state index contributed by atoms with van der Waals surface area (Å²) < 4.78 is 20.6. The predicted molar refractivity (Wildman–Crippen MR) is 117 cm³/mol. The molecule has 0 bridgehead atoms. The Hall–Kier alpha value is -2.83. The number of carbonyl (C=O) groups excluding carboxylic acids is 1. The molecule has 0 spiro atoms. The molecule has 4 rings (SSSR count). The molecular weight excluding hydrogens is 423 g/mol. The number of benzene rings is 3. The van der Waals surface area contributed by atoms with E-state index in [0.717, 1.165) is 22.2 Å². The Morgan fingerprint density at radius 1 is 1.03 bits per heavy atom. The number of halogens is 2. The quantitative estimate of drug-likeness (QED) is 0.272. The van der Waals surface area contributed by atoms with E-state index >= 15 is 0 Å². The monoisotopic (exact) mass is 440 g/mol. The number of imidazole rings is 1. The second kappa shape index (κ2) is 9.32. The normalized spacial score (nSPS) is 11.0. The van der Waals surface area contributed by atoms with E-state index in [2.05, 4.69) is 4.98 Å². The van der Waals surface area contributed by atoms with Gasteiger partial charge in [0.2, 0.25) is 0 Å². The van der Waals surface area contributed by atoms with E-state index in [-0.39, 0.29) is 24.1 Å². The predicted octanol–water partition coefficient (Wildman–Crippen LogP) is 5.71. The van der Waals surface area contributed by atoms with Gasteiger partial charge in [-0.05, 0) is 35.9 Å². The number of carbonyl (C=O) groups is 1. The summed E-state index contributed by atoms with van der Waals surface area (Å²) in [6, 6.07) is 21.4. The molecular formula is C23H18ClFN2O2S. The van der Waals surface area contributed by atoms with E-state index in [9.17, 15) is 9.18 Å².